The highest BCUT2D eigenvalue weighted by molar-refractivity contribution is 7.13. The molecule has 0 bridgehead atoms. The van der Waals surface area contributed by atoms with E-state index in [0.717, 1.165) is 23.7 Å². The zero-order valence-corrected chi connectivity index (χ0v) is 16.8. The van der Waals surface area contributed by atoms with E-state index in [9.17, 15) is 4.79 Å². The Morgan fingerprint density at radius 2 is 1.97 bits per heavy atom. The smallest absolute Gasteiger partial charge is 0.277 e. The van der Waals surface area contributed by atoms with Gasteiger partial charge in [-0.2, -0.15) is 10.1 Å². The Kier molecular flexibility index (Phi) is 4.99. The normalized spacial score (nSPS) is 15.7. The van der Waals surface area contributed by atoms with E-state index in [1.807, 2.05) is 23.6 Å². The van der Waals surface area contributed by atoms with Gasteiger partial charge in [-0.25, -0.2) is 4.52 Å². The van der Waals surface area contributed by atoms with Crippen LogP contribution in [-0.4, -0.2) is 42.3 Å². The molecule has 150 valence electrons. The minimum absolute atomic E-state index is 0.123. The van der Waals surface area contributed by atoms with Crippen molar-refractivity contribution in [3.05, 3.63) is 58.0 Å². The standard InChI is InChI=1S/C20H22N6O2S/c27-20-16-12-15(17-6-5-11-29-17)22-26(16)10-9-25(20)13-18-21-19(28-23-18)14-24-7-3-1-2-4-8-24/h5-6,9-12H,1-4,7-8,13-14H2. The summed E-state index contributed by atoms with van der Waals surface area (Å²) < 4.78 is 8.64. The largest absolute Gasteiger partial charge is 0.338 e. The lowest BCUT2D eigenvalue weighted by Gasteiger charge is -2.16. The minimum Gasteiger partial charge on any atom is -0.338 e. The molecule has 8 nitrogen and oxygen atoms in total. The van der Waals surface area contributed by atoms with Crippen molar-refractivity contribution in [3.63, 3.8) is 0 Å². The monoisotopic (exact) mass is 410 g/mol. The Labute approximate surface area is 171 Å². The summed E-state index contributed by atoms with van der Waals surface area (Å²) in [6, 6.07) is 5.80. The molecule has 5 heterocycles. The maximum atomic E-state index is 12.9. The fourth-order valence-corrected chi connectivity index (χ4v) is 4.43. The van der Waals surface area contributed by atoms with E-state index < -0.39 is 0 Å². The lowest BCUT2D eigenvalue weighted by Crippen LogP contribution is -2.24. The van der Waals surface area contributed by atoms with Crippen molar-refractivity contribution < 1.29 is 4.52 Å². The Morgan fingerprint density at radius 1 is 1.10 bits per heavy atom. The number of thiophene rings is 1. The fourth-order valence-electron chi connectivity index (χ4n) is 3.75. The second kappa shape index (κ2) is 7.92. The van der Waals surface area contributed by atoms with Gasteiger partial charge in [-0.3, -0.25) is 9.69 Å². The highest BCUT2D eigenvalue weighted by Crippen LogP contribution is 2.23. The van der Waals surface area contributed by atoms with E-state index in [4.69, 9.17) is 4.52 Å². The van der Waals surface area contributed by atoms with Crippen molar-refractivity contribution in [2.24, 2.45) is 0 Å². The topological polar surface area (TPSA) is 81.5 Å². The van der Waals surface area contributed by atoms with Gasteiger partial charge >= 0.3 is 0 Å². The molecule has 1 aliphatic heterocycles. The summed E-state index contributed by atoms with van der Waals surface area (Å²) in [4.78, 5) is 20.8. The van der Waals surface area contributed by atoms with Gasteiger partial charge in [0.1, 0.15) is 11.2 Å². The fraction of sp³-hybridized carbons (Fsp3) is 0.400. The number of rotatable bonds is 5. The highest BCUT2D eigenvalue weighted by atomic mass is 32.1. The van der Waals surface area contributed by atoms with Gasteiger partial charge < -0.3 is 9.09 Å². The molecule has 0 N–H and O–H groups in total. The van der Waals surface area contributed by atoms with Crippen LogP contribution in [0, 0.1) is 0 Å². The van der Waals surface area contributed by atoms with E-state index >= 15 is 0 Å². The van der Waals surface area contributed by atoms with Crippen LogP contribution in [0.5, 0.6) is 0 Å². The molecule has 4 aromatic heterocycles. The van der Waals surface area contributed by atoms with E-state index in [1.54, 1.807) is 32.8 Å². The van der Waals surface area contributed by atoms with Crippen LogP contribution in [0.25, 0.3) is 16.1 Å². The third kappa shape index (κ3) is 3.88. The van der Waals surface area contributed by atoms with Crippen molar-refractivity contribution in [1.82, 2.24) is 29.2 Å². The summed E-state index contributed by atoms with van der Waals surface area (Å²) in [7, 11) is 0. The lowest BCUT2D eigenvalue weighted by molar-refractivity contribution is 0.233. The van der Waals surface area contributed by atoms with E-state index in [-0.39, 0.29) is 12.1 Å². The summed E-state index contributed by atoms with van der Waals surface area (Å²) in [6.07, 6.45) is 8.52. The van der Waals surface area contributed by atoms with Gasteiger partial charge in [0, 0.05) is 12.4 Å². The van der Waals surface area contributed by atoms with Gasteiger partial charge in [-0.15, -0.1) is 11.3 Å². The molecule has 29 heavy (non-hydrogen) atoms. The molecular formula is C20H22N6O2S. The van der Waals surface area contributed by atoms with Crippen molar-refractivity contribution in [3.8, 4) is 10.6 Å². The molecule has 1 saturated heterocycles. The number of likely N-dealkylation sites (tertiary alicyclic amines) is 1. The van der Waals surface area contributed by atoms with Gasteiger partial charge in [0.15, 0.2) is 5.82 Å². The van der Waals surface area contributed by atoms with Gasteiger partial charge in [0.25, 0.3) is 5.56 Å². The first-order valence-corrected chi connectivity index (χ1v) is 10.8. The highest BCUT2D eigenvalue weighted by Gasteiger charge is 2.15. The number of aromatic nitrogens is 5. The molecule has 4 aromatic rings. The lowest BCUT2D eigenvalue weighted by atomic mass is 10.2. The van der Waals surface area contributed by atoms with E-state index in [1.165, 1.54) is 25.7 Å². The molecule has 5 rings (SSSR count). The van der Waals surface area contributed by atoms with Gasteiger partial charge in [-0.1, -0.05) is 24.1 Å². The molecule has 0 atom stereocenters. The van der Waals surface area contributed by atoms with Crippen LogP contribution in [0.1, 0.15) is 37.4 Å². The Bertz CT molecular complexity index is 1150. The predicted octanol–water partition coefficient (Wildman–Crippen LogP) is 3.03. The number of hydrogen-bond acceptors (Lipinski definition) is 7. The third-order valence-electron chi connectivity index (χ3n) is 5.26. The van der Waals surface area contributed by atoms with Gasteiger partial charge in [0.2, 0.25) is 5.89 Å². The Balaban J connectivity index is 1.34. The van der Waals surface area contributed by atoms with Crippen LogP contribution in [-0.2, 0) is 13.1 Å². The quantitative estimate of drug-likeness (QED) is 0.503. The average molecular weight is 411 g/mol. The van der Waals surface area contributed by atoms with E-state index in [0.29, 0.717) is 23.8 Å². The molecule has 0 saturated carbocycles. The number of nitrogens with zero attached hydrogens (tertiary/aromatic N) is 6. The van der Waals surface area contributed by atoms with Crippen molar-refractivity contribution in [2.45, 2.75) is 38.8 Å². The Hall–Kier alpha value is -2.78. The SMILES string of the molecule is O=c1c2cc(-c3cccs3)nn2ccn1Cc1noc(CN2CCCCCC2)n1. The maximum absolute atomic E-state index is 12.9. The second-order valence-electron chi connectivity index (χ2n) is 7.36. The molecule has 0 radical (unpaired) electrons. The molecule has 0 unspecified atom stereocenters. The first-order chi connectivity index (χ1) is 14.3. The molecule has 9 heteroatoms. The number of hydrogen-bond donors (Lipinski definition) is 0. The van der Waals surface area contributed by atoms with Crippen molar-refractivity contribution in [1.29, 1.82) is 0 Å². The predicted molar refractivity (Wildman–Crippen MR) is 110 cm³/mol. The summed E-state index contributed by atoms with van der Waals surface area (Å²) in [5.74, 6) is 1.12. The van der Waals surface area contributed by atoms with Crippen LogP contribution >= 0.6 is 11.3 Å². The van der Waals surface area contributed by atoms with Crippen molar-refractivity contribution >= 4 is 16.9 Å². The number of fused-ring (bicyclic) bond motifs is 1. The summed E-state index contributed by atoms with van der Waals surface area (Å²) in [5.41, 5.74) is 1.21. The van der Waals surface area contributed by atoms with Crippen molar-refractivity contribution in [2.75, 3.05) is 13.1 Å². The van der Waals surface area contributed by atoms with Gasteiger partial charge in [0.05, 0.1) is 18.0 Å². The minimum atomic E-state index is -0.123. The molecule has 0 aliphatic carbocycles. The molecule has 0 aromatic carbocycles. The Morgan fingerprint density at radius 3 is 2.76 bits per heavy atom. The van der Waals surface area contributed by atoms with E-state index in [2.05, 4.69) is 20.1 Å². The first kappa shape index (κ1) is 18.3. The second-order valence-corrected chi connectivity index (χ2v) is 8.31. The molecule has 0 amide bonds. The zero-order valence-electron chi connectivity index (χ0n) is 16.0. The summed E-state index contributed by atoms with van der Waals surface area (Å²) >= 11 is 1.60. The molecule has 0 spiro atoms. The summed E-state index contributed by atoms with van der Waals surface area (Å²) in [5, 5.41) is 10.6. The maximum Gasteiger partial charge on any atom is 0.277 e. The van der Waals surface area contributed by atoms with Crippen LogP contribution < -0.4 is 5.56 Å². The van der Waals surface area contributed by atoms with Crippen LogP contribution in [0.4, 0.5) is 0 Å². The third-order valence-corrected chi connectivity index (χ3v) is 6.15. The zero-order chi connectivity index (χ0) is 19.6. The molecule has 1 fully saturated rings. The van der Waals surface area contributed by atoms with Crippen LogP contribution in [0.2, 0.25) is 0 Å². The first-order valence-electron chi connectivity index (χ1n) is 9.93. The average Bonchev–Trinajstić information content (AvgIpc) is 3.44. The van der Waals surface area contributed by atoms with Crippen LogP contribution in [0.3, 0.4) is 0 Å². The summed E-state index contributed by atoms with van der Waals surface area (Å²) in [6.45, 7) is 3.09. The van der Waals surface area contributed by atoms with Crippen LogP contribution in [0.15, 0.2) is 45.3 Å². The molecular weight excluding hydrogens is 388 g/mol. The van der Waals surface area contributed by atoms with Gasteiger partial charge in [-0.05, 0) is 43.4 Å². The molecule has 1 aliphatic rings.